The van der Waals surface area contributed by atoms with E-state index in [1.165, 1.54) is 12.1 Å². The van der Waals surface area contributed by atoms with Crippen molar-refractivity contribution in [2.75, 3.05) is 19.8 Å². The molecule has 0 spiro atoms. The lowest BCUT2D eigenvalue weighted by molar-refractivity contribution is -0.139. The zero-order valence-electron chi connectivity index (χ0n) is 25.0. The van der Waals surface area contributed by atoms with Gasteiger partial charge >= 0.3 is 14.0 Å². The van der Waals surface area contributed by atoms with Gasteiger partial charge in [0.05, 0.1) is 30.0 Å². The van der Waals surface area contributed by atoms with Crippen LogP contribution in [0.1, 0.15) is 98.6 Å². The molecule has 7 nitrogen and oxygen atoms in total. The average Bonchev–Trinajstić information content (AvgIpc) is 3.17. The van der Waals surface area contributed by atoms with Gasteiger partial charge in [-0.3, -0.25) is 13.6 Å². The summed E-state index contributed by atoms with van der Waals surface area (Å²) in [5, 5.41) is 0. The van der Waals surface area contributed by atoms with Crippen LogP contribution in [0.2, 0.25) is 0 Å². The largest absolute Gasteiger partial charge is 0.493 e. The van der Waals surface area contributed by atoms with Crippen LogP contribution in [0.15, 0.2) is 29.3 Å². The highest BCUT2D eigenvalue weighted by atomic mass is 31.2. The van der Waals surface area contributed by atoms with Gasteiger partial charge in [0.1, 0.15) is 17.9 Å². The number of phosphoric acid groups is 1. The van der Waals surface area contributed by atoms with Crippen molar-refractivity contribution in [2.45, 2.75) is 110 Å². The molecule has 0 radical (unpaired) electrons. The van der Waals surface area contributed by atoms with Gasteiger partial charge in [-0.2, -0.15) is 13.2 Å². The summed E-state index contributed by atoms with van der Waals surface area (Å²) >= 11 is 0. The first-order valence-corrected chi connectivity index (χ1v) is 15.2. The highest BCUT2D eigenvalue weighted by Crippen LogP contribution is 2.56. The zero-order chi connectivity index (χ0) is 30.2. The quantitative estimate of drug-likeness (QED) is 0.159. The van der Waals surface area contributed by atoms with Crippen LogP contribution < -0.4 is 4.74 Å². The highest BCUT2D eigenvalue weighted by Gasteiger charge is 2.42. The summed E-state index contributed by atoms with van der Waals surface area (Å²) in [5.74, 6) is 0.172. The average molecular weight is 592 g/mol. The molecule has 0 aliphatic carbocycles. The van der Waals surface area contributed by atoms with Gasteiger partial charge in [0.15, 0.2) is 5.90 Å². The lowest BCUT2D eigenvalue weighted by Gasteiger charge is -2.32. The van der Waals surface area contributed by atoms with Gasteiger partial charge in [-0.25, -0.2) is 9.56 Å². The fourth-order valence-electron chi connectivity index (χ4n) is 3.89. The van der Waals surface area contributed by atoms with Crippen molar-refractivity contribution in [1.29, 1.82) is 0 Å². The molecule has 0 saturated carbocycles. The molecule has 1 aliphatic heterocycles. The summed E-state index contributed by atoms with van der Waals surface area (Å²) in [6.07, 6.45) is 3.34. The number of hydrogen-bond acceptors (Lipinski definition) is 7. The number of nitrogens with zero attached hydrogens (tertiary/aromatic N) is 1. The van der Waals surface area contributed by atoms with Crippen LogP contribution in [0.5, 0.6) is 5.75 Å². The first-order valence-electron chi connectivity index (χ1n) is 13.7. The zero-order valence-corrected chi connectivity index (χ0v) is 25.9. The first-order chi connectivity index (χ1) is 18.4. The number of unbranched alkanes of at least 4 members (excludes halogenated alkanes) is 4. The second-order valence-electron chi connectivity index (χ2n) is 12.0. The van der Waals surface area contributed by atoms with Gasteiger partial charge in [-0.05, 0) is 65.7 Å². The Morgan fingerprint density at radius 2 is 1.65 bits per heavy atom. The van der Waals surface area contributed by atoms with Gasteiger partial charge in [0.2, 0.25) is 0 Å². The summed E-state index contributed by atoms with van der Waals surface area (Å²) in [6, 6.07) is 3.93. The molecule has 11 heteroatoms. The number of phosphoric ester groups is 1. The number of halogens is 3. The van der Waals surface area contributed by atoms with Crippen LogP contribution in [0, 0.1) is 0 Å². The number of rotatable bonds is 14. The second-order valence-corrected chi connectivity index (χ2v) is 13.5. The van der Waals surface area contributed by atoms with Crippen molar-refractivity contribution >= 4 is 19.8 Å². The van der Waals surface area contributed by atoms with E-state index in [1.807, 2.05) is 0 Å². The van der Waals surface area contributed by atoms with E-state index < -0.39 is 36.3 Å². The standard InChI is InChI=1S/C29H45F3NO6P/c1-9-10-11-12-13-18-35-25-15-14-23(19-24(25)29(30,31)32)16-17-28(20-36-22(2)33-28)21-37-40(34,38-26(3,4)5)39-27(6,7)8/h14-17,19H,9-13,18,20-21H2,1-8H3/b17-16+. The Morgan fingerprint density at radius 1 is 1.02 bits per heavy atom. The van der Waals surface area contributed by atoms with E-state index in [0.717, 1.165) is 31.7 Å². The van der Waals surface area contributed by atoms with Crippen molar-refractivity contribution in [3.8, 4) is 5.75 Å². The number of benzene rings is 1. The maximum absolute atomic E-state index is 13.9. The van der Waals surface area contributed by atoms with Gasteiger partial charge in [0.25, 0.3) is 0 Å². The minimum atomic E-state index is -4.59. The van der Waals surface area contributed by atoms with E-state index >= 15 is 0 Å². The third-order valence-corrected chi connectivity index (χ3v) is 7.54. The van der Waals surface area contributed by atoms with Crippen LogP contribution in [0.3, 0.4) is 0 Å². The minimum Gasteiger partial charge on any atom is -0.493 e. The molecular weight excluding hydrogens is 546 g/mol. The van der Waals surface area contributed by atoms with E-state index in [2.05, 4.69) is 11.9 Å². The fraction of sp³-hybridized carbons (Fsp3) is 0.690. The van der Waals surface area contributed by atoms with Crippen LogP contribution in [0.4, 0.5) is 13.2 Å². The molecule has 1 heterocycles. The van der Waals surface area contributed by atoms with Crippen molar-refractivity contribution < 1.29 is 40.8 Å². The number of alkyl halides is 3. The molecule has 0 saturated heterocycles. The second kappa shape index (κ2) is 13.9. The molecule has 1 aromatic carbocycles. The summed E-state index contributed by atoms with van der Waals surface area (Å²) in [7, 11) is -4.05. The normalized spacial score (nSPS) is 18.7. The van der Waals surface area contributed by atoms with Crippen molar-refractivity contribution in [3.63, 3.8) is 0 Å². The predicted octanol–water partition coefficient (Wildman–Crippen LogP) is 9.01. The Hall–Kier alpha value is -1.87. The highest BCUT2D eigenvalue weighted by molar-refractivity contribution is 7.48. The monoisotopic (exact) mass is 591 g/mol. The predicted molar refractivity (Wildman–Crippen MR) is 152 cm³/mol. The lowest BCUT2D eigenvalue weighted by Crippen LogP contribution is -2.33. The smallest absolute Gasteiger partial charge is 0.475 e. The molecule has 1 aromatic rings. The van der Waals surface area contributed by atoms with Gasteiger partial charge < -0.3 is 9.47 Å². The third kappa shape index (κ3) is 11.9. The fourth-order valence-corrected chi connectivity index (χ4v) is 5.75. The third-order valence-electron chi connectivity index (χ3n) is 5.56. The Morgan fingerprint density at radius 3 is 2.17 bits per heavy atom. The Labute approximate surface area is 237 Å². The lowest BCUT2D eigenvalue weighted by atomic mass is 10.0. The van der Waals surface area contributed by atoms with Crippen LogP contribution in [-0.2, 0) is 29.0 Å². The van der Waals surface area contributed by atoms with Gasteiger partial charge in [-0.15, -0.1) is 0 Å². The van der Waals surface area contributed by atoms with E-state index in [0.29, 0.717) is 17.9 Å². The van der Waals surface area contributed by atoms with Gasteiger partial charge in [0, 0.05) is 6.92 Å². The maximum Gasteiger partial charge on any atom is 0.475 e. The molecule has 0 amide bonds. The number of aliphatic imine (C=N–C) groups is 1. The Bertz CT molecular complexity index is 1050. The molecule has 40 heavy (non-hydrogen) atoms. The van der Waals surface area contributed by atoms with E-state index in [-0.39, 0.29) is 25.6 Å². The summed E-state index contributed by atoms with van der Waals surface area (Å²) < 4.78 is 83.3. The number of hydrogen-bond donors (Lipinski definition) is 0. The molecular formula is C29H45F3NO6P. The SMILES string of the molecule is CCCCCCCOc1ccc(/C=C/C2(COP(=O)(OC(C)(C)C)OC(C)(C)C)COC(C)=N2)cc1C(F)(F)F. The van der Waals surface area contributed by atoms with Crippen LogP contribution >= 0.6 is 7.82 Å². The Kier molecular flexibility index (Phi) is 11.9. The Balaban J connectivity index is 2.26. The topological polar surface area (TPSA) is 75.6 Å². The van der Waals surface area contributed by atoms with Crippen LogP contribution in [0.25, 0.3) is 6.08 Å². The first kappa shape index (κ1) is 34.3. The molecule has 2 rings (SSSR count). The minimum absolute atomic E-state index is 0.0473. The molecule has 0 fully saturated rings. The summed E-state index contributed by atoms with van der Waals surface area (Å²) in [6.45, 7) is 14.1. The summed E-state index contributed by atoms with van der Waals surface area (Å²) in [4.78, 5) is 4.49. The van der Waals surface area contributed by atoms with E-state index in [9.17, 15) is 17.7 Å². The molecule has 228 valence electrons. The number of ether oxygens (including phenoxy) is 2. The molecule has 1 aliphatic rings. The molecule has 0 N–H and O–H groups in total. The maximum atomic E-state index is 13.9. The summed E-state index contributed by atoms with van der Waals surface area (Å²) in [5.41, 5.74) is -3.36. The van der Waals surface area contributed by atoms with Crippen LogP contribution in [-0.4, -0.2) is 42.5 Å². The van der Waals surface area contributed by atoms with Crippen molar-refractivity contribution in [3.05, 3.63) is 35.4 Å². The van der Waals surface area contributed by atoms with Crippen molar-refractivity contribution in [2.24, 2.45) is 4.99 Å². The molecule has 1 unspecified atom stereocenters. The molecule has 1 atom stereocenters. The molecule has 0 bridgehead atoms. The van der Waals surface area contributed by atoms with Crippen molar-refractivity contribution in [1.82, 2.24) is 0 Å². The molecule has 0 aromatic heterocycles. The van der Waals surface area contributed by atoms with E-state index in [1.54, 1.807) is 60.6 Å². The van der Waals surface area contributed by atoms with E-state index in [4.69, 9.17) is 23.0 Å². The van der Waals surface area contributed by atoms with Gasteiger partial charge in [-0.1, -0.05) is 50.8 Å².